The summed E-state index contributed by atoms with van der Waals surface area (Å²) in [4.78, 5) is 6.61. The van der Waals surface area contributed by atoms with Gasteiger partial charge in [-0.25, -0.2) is 9.97 Å². The first-order valence-electron chi connectivity index (χ1n) is 3.81. The van der Waals surface area contributed by atoms with Crippen LogP contribution in [0, 0.1) is 6.42 Å². The number of aromatic nitrogens is 2. The normalized spacial score (nSPS) is 20.1. The smallest absolute Gasteiger partial charge is 0.324 e. The Labute approximate surface area is 122 Å². The predicted molar refractivity (Wildman–Crippen MR) is 38.7 cm³/mol. The third-order valence-corrected chi connectivity index (χ3v) is 1.78. The number of nitrogens with zero attached hydrogens (tertiary/aromatic N) is 2. The van der Waals surface area contributed by atoms with Gasteiger partial charge in [-0.15, -0.1) is 0 Å². The van der Waals surface area contributed by atoms with Crippen molar-refractivity contribution in [3.63, 3.8) is 0 Å². The van der Waals surface area contributed by atoms with E-state index in [0.717, 1.165) is 12.6 Å². The fourth-order valence-electron chi connectivity index (χ4n) is 1.03. The van der Waals surface area contributed by atoms with Crippen molar-refractivity contribution < 1.29 is 64.6 Å². The van der Waals surface area contributed by atoms with E-state index in [1.165, 1.54) is 6.07 Å². The van der Waals surface area contributed by atoms with Crippen LogP contribution in [0.2, 0.25) is 0 Å². The summed E-state index contributed by atoms with van der Waals surface area (Å²) in [6, 6.07) is 1.52. The minimum absolute atomic E-state index is 0. The van der Waals surface area contributed by atoms with Crippen LogP contribution in [-0.2, 0) is 6.18 Å². The van der Waals surface area contributed by atoms with Gasteiger partial charge in [0.25, 0.3) is 0 Å². The Morgan fingerprint density at radius 2 is 2.07 bits per heavy atom. The fourth-order valence-corrected chi connectivity index (χ4v) is 1.03. The van der Waals surface area contributed by atoms with Crippen molar-refractivity contribution in [3.05, 3.63) is 30.2 Å². The molecule has 0 N–H and O–H groups in total. The Hall–Kier alpha value is 0.506. The van der Waals surface area contributed by atoms with Crippen LogP contribution in [0.25, 0.3) is 0 Å². The van der Waals surface area contributed by atoms with E-state index in [2.05, 4.69) is 9.97 Å². The second kappa shape index (κ2) is 4.57. The van der Waals surface area contributed by atoms with Crippen molar-refractivity contribution in [2.75, 3.05) is 0 Å². The molecule has 0 bridgehead atoms. The molecule has 1 heterocycles. The third kappa shape index (κ3) is 3.00. The van der Waals surface area contributed by atoms with E-state index in [-0.39, 0.29) is 57.3 Å². The van der Waals surface area contributed by atoms with Gasteiger partial charge in [0.2, 0.25) is 5.82 Å². The molecule has 1 aliphatic carbocycles. The zero-order chi connectivity index (χ0) is 9.47. The number of halogens is 3. The maximum atomic E-state index is 12.1. The zero-order valence-corrected chi connectivity index (χ0v) is 10.7. The van der Waals surface area contributed by atoms with Crippen LogP contribution in [0.5, 0.6) is 0 Å². The van der Waals surface area contributed by atoms with Crippen LogP contribution < -0.4 is 51.4 Å². The Kier molecular flexibility index (Phi) is 4.10. The number of hydrogen-bond acceptors (Lipinski definition) is 2. The molecule has 70 valence electrons. The SMILES string of the molecule is FC(F)(F)c1nccc([C@H]2[CH-]C2)n1.[K+]. The predicted octanol–water partition coefficient (Wildman–Crippen LogP) is -0.809. The first-order chi connectivity index (χ1) is 6.07. The molecule has 0 amide bonds. The van der Waals surface area contributed by atoms with Crippen LogP contribution >= 0.6 is 0 Å². The van der Waals surface area contributed by atoms with Crippen LogP contribution in [0.1, 0.15) is 23.9 Å². The molecule has 6 heteroatoms. The molecular weight excluding hydrogens is 220 g/mol. The van der Waals surface area contributed by atoms with Gasteiger partial charge < -0.3 is 6.42 Å². The molecule has 0 aliphatic heterocycles. The molecular formula is C8H6F3KN2. The minimum atomic E-state index is -4.44. The molecule has 1 aromatic rings. The third-order valence-electron chi connectivity index (χ3n) is 1.78. The molecule has 1 atom stereocenters. The van der Waals surface area contributed by atoms with Gasteiger partial charge >= 0.3 is 57.6 Å². The number of alkyl halides is 3. The molecule has 1 aromatic heterocycles. The first-order valence-corrected chi connectivity index (χ1v) is 3.81. The molecule has 0 unspecified atom stereocenters. The quantitative estimate of drug-likeness (QED) is 0.462. The molecule has 14 heavy (non-hydrogen) atoms. The number of rotatable bonds is 1. The van der Waals surface area contributed by atoms with Crippen molar-refractivity contribution >= 4 is 0 Å². The van der Waals surface area contributed by atoms with Crippen LogP contribution in [0.15, 0.2) is 12.3 Å². The molecule has 0 spiro atoms. The summed E-state index contributed by atoms with van der Waals surface area (Å²) in [6.45, 7) is 0. The average Bonchev–Trinajstić information content (AvgIpc) is 2.85. The van der Waals surface area contributed by atoms with Crippen LogP contribution in [0.4, 0.5) is 13.2 Å². The fraction of sp³-hybridized carbons (Fsp3) is 0.375. The van der Waals surface area contributed by atoms with E-state index in [0.29, 0.717) is 5.69 Å². The van der Waals surface area contributed by atoms with Crippen molar-refractivity contribution in [3.8, 4) is 0 Å². The van der Waals surface area contributed by atoms with Crippen molar-refractivity contribution in [2.45, 2.75) is 18.5 Å². The maximum absolute atomic E-state index is 12.1. The van der Waals surface area contributed by atoms with Crippen molar-refractivity contribution in [1.82, 2.24) is 9.97 Å². The molecule has 2 nitrogen and oxygen atoms in total. The van der Waals surface area contributed by atoms with Gasteiger partial charge in [0.1, 0.15) is 0 Å². The van der Waals surface area contributed by atoms with Gasteiger partial charge in [-0.1, -0.05) is 0 Å². The Balaban J connectivity index is 0.000000980. The summed E-state index contributed by atoms with van der Waals surface area (Å²) < 4.78 is 36.3. The summed E-state index contributed by atoms with van der Waals surface area (Å²) in [7, 11) is 0. The van der Waals surface area contributed by atoms with Crippen LogP contribution in [0.3, 0.4) is 0 Å². The summed E-state index contributed by atoms with van der Waals surface area (Å²) in [6.07, 6.45) is -0.570. The monoisotopic (exact) mass is 226 g/mol. The molecule has 0 saturated heterocycles. The standard InChI is InChI=1S/C8H6F3N2.K/c9-8(10,11)7-12-4-3-6(13-7)5-1-2-5;/h1,3-5H,2H2;/q-1;+1/t5-;/m0./s1. The maximum Gasteiger partial charge on any atom is 1.00 e. The van der Waals surface area contributed by atoms with E-state index >= 15 is 0 Å². The van der Waals surface area contributed by atoms with Crippen molar-refractivity contribution in [1.29, 1.82) is 0 Å². The van der Waals surface area contributed by atoms with Gasteiger partial charge in [0.05, 0.1) is 0 Å². The largest absolute Gasteiger partial charge is 1.00 e. The second-order valence-electron chi connectivity index (χ2n) is 2.88. The van der Waals surface area contributed by atoms with E-state index in [9.17, 15) is 13.2 Å². The Morgan fingerprint density at radius 1 is 1.43 bits per heavy atom. The van der Waals surface area contributed by atoms with E-state index < -0.39 is 12.0 Å². The topological polar surface area (TPSA) is 25.8 Å². The zero-order valence-electron chi connectivity index (χ0n) is 7.54. The van der Waals surface area contributed by atoms with E-state index in [1.807, 2.05) is 6.42 Å². The summed E-state index contributed by atoms with van der Waals surface area (Å²) in [5.74, 6) is -0.950. The van der Waals surface area contributed by atoms with Gasteiger partial charge in [0.15, 0.2) is 0 Å². The molecule has 2 rings (SSSR count). The van der Waals surface area contributed by atoms with E-state index in [1.54, 1.807) is 0 Å². The average molecular weight is 226 g/mol. The van der Waals surface area contributed by atoms with Gasteiger partial charge in [-0.3, -0.25) is 0 Å². The van der Waals surface area contributed by atoms with Crippen molar-refractivity contribution in [2.24, 2.45) is 0 Å². The van der Waals surface area contributed by atoms with Gasteiger partial charge in [-0.2, -0.15) is 25.5 Å². The first kappa shape index (κ1) is 12.6. The Morgan fingerprint density at radius 3 is 2.57 bits per heavy atom. The molecule has 0 radical (unpaired) electrons. The molecule has 1 fully saturated rings. The van der Waals surface area contributed by atoms with Gasteiger partial charge in [-0.05, 0) is 6.07 Å². The summed E-state index contributed by atoms with van der Waals surface area (Å²) >= 11 is 0. The second-order valence-corrected chi connectivity index (χ2v) is 2.88. The molecule has 0 aromatic carbocycles. The summed E-state index contributed by atoms with van der Waals surface area (Å²) in [5, 5.41) is 0. The van der Waals surface area contributed by atoms with Gasteiger partial charge in [0, 0.05) is 11.9 Å². The van der Waals surface area contributed by atoms with E-state index in [4.69, 9.17) is 0 Å². The Bertz CT molecular complexity index is 323. The molecule has 1 saturated carbocycles. The number of hydrogen-bond donors (Lipinski definition) is 0. The summed E-state index contributed by atoms with van der Waals surface area (Å²) in [5.41, 5.74) is 0.460. The van der Waals surface area contributed by atoms with Crippen LogP contribution in [-0.4, -0.2) is 9.97 Å². The minimum Gasteiger partial charge on any atom is -0.324 e. The molecule has 1 aliphatic rings.